The summed E-state index contributed by atoms with van der Waals surface area (Å²) in [5.41, 5.74) is 0.797. The number of carbonyl (C=O) groups is 2. The van der Waals surface area contributed by atoms with Crippen molar-refractivity contribution in [2.45, 2.75) is 68.4 Å². The zero-order valence-electron chi connectivity index (χ0n) is 19.2. The van der Waals surface area contributed by atoms with Gasteiger partial charge < -0.3 is 14.7 Å². The van der Waals surface area contributed by atoms with Crippen LogP contribution in [0.5, 0.6) is 5.75 Å². The van der Waals surface area contributed by atoms with Crippen LogP contribution in [0.15, 0.2) is 18.2 Å². The number of piperidine rings is 1. The Kier molecular flexibility index (Phi) is 4.39. The van der Waals surface area contributed by atoms with E-state index in [2.05, 4.69) is 24.1 Å². The van der Waals surface area contributed by atoms with Gasteiger partial charge in [0.05, 0.1) is 12.7 Å². The highest BCUT2D eigenvalue weighted by Crippen LogP contribution is 2.71. The van der Waals surface area contributed by atoms with Crippen molar-refractivity contribution in [3.8, 4) is 5.75 Å². The Morgan fingerprint density at radius 1 is 1.22 bits per heavy atom. The van der Waals surface area contributed by atoms with Crippen LogP contribution in [-0.4, -0.2) is 72.0 Å². The van der Waals surface area contributed by atoms with E-state index in [1.54, 1.807) is 7.11 Å². The van der Waals surface area contributed by atoms with Gasteiger partial charge in [-0.2, -0.15) is 0 Å². The van der Waals surface area contributed by atoms with E-state index in [1.165, 1.54) is 12.0 Å². The highest BCUT2D eigenvalue weighted by molar-refractivity contribution is 5.90. The van der Waals surface area contributed by atoms with Gasteiger partial charge in [0.1, 0.15) is 11.5 Å². The molecule has 1 aromatic rings. The van der Waals surface area contributed by atoms with E-state index in [0.717, 1.165) is 56.6 Å². The Morgan fingerprint density at radius 3 is 2.72 bits per heavy atom. The summed E-state index contributed by atoms with van der Waals surface area (Å²) in [4.78, 5) is 30.8. The summed E-state index contributed by atoms with van der Waals surface area (Å²) in [5.74, 6) is 0.621. The van der Waals surface area contributed by atoms with E-state index in [4.69, 9.17) is 4.74 Å². The third kappa shape index (κ3) is 2.54. The minimum absolute atomic E-state index is 0.0249. The van der Waals surface area contributed by atoms with E-state index in [9.17, 15) is 14.7 Å². The van der Waals surface area contributed by atoms with E-state index in [0.29, 0.717) is 12.8 Å². The van der Waals surface area contributed by atoms with Crippen LogP contribution in [0.3, 0.4) is 0 Å². The maximum absolute atomic E-state index is 13.5. The maximum atomic E-state index is 13.5. The second-order valence-corrected chi connectivity index (χ2v) is 11.3. The molecule has 5 atom stereocenters. The lowest BCUT2D eigenvalue weighted by Crippen LogP contribution is -2.70. The minimum Gasteiger partial charge on any atom is -0.497 e. The Morgan fingerprint density at radius 2 is 2.00 bits per heavy atom. The van der Waals surface area contributed by atoms with Gasteiger partial charge in [-0.15, -0.1) is 0 Å². The third-order valence-electron chi connectivity index (χ3n) is 9.51. The maximum Gasteiger partial charge on any atom is 0.223 e. The number of rotatable bonds is 3. The Bertz CT molecular complexity index is 988. The molecule has 2 bridgehead atoms. The molecule has 0 aromatic heterocycles. The number of fused-ring (bicyclic) bond motifs is 2. The van der Waals surface area contributed by atoms with Crippen molar-refractivity contribution >= 4 is 11.7 Å². The van der Waals surface area contributed by atoms with Crippen molar-refractivity contribution < 1.29 is 19.4 Å². The van der Waals surface area contributed by atoms with Crippen LogP contribution in [0, 0.1) is 11.3 Å². The monoisotopic (exact) mass is 438 g/mol. The van der Waals surface area contributed by atoms with E-state index in [1.807, 2.05) is 11.0 Å². The highest BCUT2D eigenvalue weighted by atomic mass is 16.5. The second-order valence-electron chi connectivity index (χ2n) is 11.3. The van der Waals surface area contributed by atoms with Crippen molar-refractivity contribution in [3.05, 3.63) is 29.3 Å². The molecule has 3 aliphatic carbocycles. The van der Waals surface area contributed by atoms with Gasteiger partial charge >= 0.3 is 0 Å². The lowest BCUT2D eigenvalue weighted by Gasteiger charge is -2.57. The van der Waals surface area contributed by atoms with Gasteiger partial charge in [-0.25, -0.2) is 0 Å². The summed E-state index contributed by atoms with van der Waals surface area (Å²) < 4.78 is 5.53. The molecule has 5 unspecified atom stereocenters. The number of methoxy groups -OCH3 is 1. The van der Waals surface area contributed by atoms with Crippen LogP contribution in [0.25, 0.3) is 0 Å². The van der Waals surface area contributed by atoms with Crippen LogP contribution in [-0.2, 0) is 21.4 Å². The van der Waals surface area contributed by atoms with Gasteiger partial charge in [-0.05, 0) is 68.8 Å². The molecule has 32 heavy (non-hydrogen) atoms. The van der Waals surface area contributed by atoms with Gasteiger partial charge in [0.25, 0.3) is 0 Å². The smallest absolute Gasteiger partial charge is 0.223 e. The van der Waals surface area contributed by atoms with Crippen molar-refractivity contribution in [1.82, 2.24) is 9.80 Å². The molecule has 2 aliphatic heterocycles. The molecule has 2 saturated carbocycles. The highest BCUT2D eigenvalue weighted by Gasteiger charge is 2.78. The molecule has 0 radical (unpaired) electrons. The molecule has 5 aliphatic rings. The molecule has 6 rings (SSSR count). The number of hydrogen-bond acceptors (Lipinski definition) is 5. The van der Waals surface area contributed by atoms with Crippen molar-refractivity contribution in [3.63, 3.8) is 0 Å². The Hall–Kier alpha value is -1.92. The van der Waals surface area contributed by atoms with Gasteiger partial charge in [-0.1, -0.05) is 6.07 Å². The number of nitrogens with zero attached hydrogens (tertiary/aromatic N) is 2. The first-order chi connectivity index (χ1) is 15.3. The molecule has 4 fully saturated rings. The summed E-state index contributed by atoms with van der Waals surface area (Å²) in [6.45, 7) is 2.56. The van der Waals surface area contributed by atoms with Gasteiger partial charge in [0, 0.05) is 55.3 Å². The summed E-state index contributed by atoms with van der Waals surface area (Å²) in [6, 6.07) is 6.23. The van der Waals surface area contributed by atoms with Crippen LogP contribution < -0.4 is 4.74 Å². The number of carbonyl (C=O) groups excluding carboxylic acids is 2. The molecule has 2 saturated heterocycles. The lowest BCUT2D eigenvalue weighted by atomic mass is 9.56. The molecular formula is C26H34N2O4. The number of likely N-dealkylation sites (tertiary alicyclic amines) is 2. The summed E-state index contributed by atoms with van der Waals surface area (Å²) in [7, 11) is 3.76. The van der Waals surface area contributed by atoms with E-state index >= 15 is 0 Å². The SMILES string of the molecule is COc1ccc2c(c1)C13CC(=O)C(CC(=O)N4CCCCC4)CC1(O)C1N(C)CC1(C2)C3. The average molecular weight is 439 g/mol. The van der Waals surface area contributed by atoms with Crippen molar-refractivity contribution in [2.24, 2.45) is 11.3 Å². The number of ketones is 1. The minimum atomic E-state index is -1.00. The normalized spacial score (nSPS) is 40.2. The predicted octanol–water partition coefficient (Wildman–Crippen LogP) is 2.31. The first kappa shape index (κ1) is 20.7. The Balaban J connectivity index is 1.37. The quantitative estimate of drug-likeness (QED) is 0.784. The second kappa shape index (κ2) is 6.80. The fraction of sp³-hybridized carbons (Fsp3) is 0.692. The van der Waals surface area contributed by atoms with Crippen LogP contribution in [0.2, 0.25) is 0 Å². The molecule has 1 amide bonds. The molecule has 1 aromatic carbocycles. The molecule has 2 heterocycles. The molecule has 6 heteroatoms. The van der Waals surface area contributed by atoms with Crippen molar-refractivity contribution in [1.29, 1.82) is 0 Å². The number of Topliss-reactive ketones (excluding diaryl/α,β-unsaturated/α-hetero) is 1. The number of likely N-dealkylation sites (N-methyl/N-ethyl adjacent to an activating group) is 1. The molecular weight excluding hydrogens is 404 g/mol. The zero-order chi connectivity index (χ0) is 22.3. The van der Waals surface area contributed by atoms with Gasteiger partial charge in [0.2, 0.25) is 5.91 Å². The average Bonchev–Trinajstić information content (AvgIpc) is 2.91. The Labute approximate surface area is 189 Å². The first-order valence-electron chi connectivity index (χ1n) is 12.2. The van der Waals surface area contributed by atoms with Crippen LogP contribution >= 0.6 is 0 Å². The molecule has 1 N–H and O–H groups in total. The summed E-state index contributed by atoms with van der Waals surface area (Å²) >= 11 is 0. The number of amides is 1. The number of ether oxygens (including phenoxy) is 1. The van der Waals surface area contributed by atoms with Crippen LogP contribution in [0.4, 0.5) is 0 Å². The number of hydrogen-bond donors (Lipinski definition) is 1. The lowest BCUT2D eigenvalue weighted by molar-refractivity contribution is -0.165. The fourth-order valence-corrected chi connectivity index (χ4v) is 8.49. The van der Waals surface area contributed by atoms with Crippen LogP contribution in [0.1, 0.15) is 56.1 Å². The van der Waals surface area contributed by atoms with Crippen molar-refractivity contribution in [2.75, 3.05) is 33.8 Å². The molecule has 6 nitrogen and oxygen atoms in total. The topological polar surface area (TPSA) is 70.1 Å². The molecule has 172 valence electrons. The van der Waals surface area contributed by atoms with E-state index in [-0.39, 0.29) is 35.5 Å². The fourth-order valence-electron chi connectivity index (χ4n) is 8.49. The standard InChI is InChI=1S/C26H34N2O4/c1-27-16-24-12-17-6-7-19(32-2)11-20(17)25(15-24)14-21(29)18(13-26(25,31)23(24)27)10-22(30)28-8-4-3-5-9-28/h6-7,11,18,23,31H,3-5,8-10,12-16H2,1-2H3. The first-order valence-corrected chi connectivity index (χ1v) is 12.2. The van der Waals surface area contributed by atoms with Gasteiger partial charge in [0.15, 0.2) is 0 Å². The number of benzene rings is 1. The predicted molar refractivity (Wildman–Crippen MR) is 120 cm³/mol. The van der Waals surface area contributed by atoms with E-state index < -0.39 is 11.0 Å². The third-order valence-corrected chi connectivity index (χ3v) is 9.51. The molecule has 2 spiro atoms. The number of aliphatic hydroxyl groups is 1. The summed E-state index contributed by atoms with van der Waals surface area (Å²) in [5, 5.41) is 12.5. The zero-order valence-corrected chi connectivity index (χ0v) is 19.2. The van der Waals surface area contributed by atoms with Gasteiger partial charge in [-0.3, -0.25) is 14.5 Å². The summed E-state index contributed by atoms with van der Waals surface area (Å²) in [6.07, 6.45) is 6.02. The largest absolute Gasteiger partial charge is 0.497 e.